The van der Waals surface area contributed by atoms with Crippen molar-refractivity contribution in [3.8, 4) is 0 Å². The van der Waals surface area contributed by atoms with Gasteiger partial charge in [0.1, 0.15) is 11.1 Å². The maximum Gasteiger partial charge on any atom is 0.359 e. The number of quaternary nitrogens is 1. The molecule has 1 fully saturated rings. The van der Waals surface area contributed by atoms with Gasteiger partial charge in [0.2, 0.25) is 5.70 Å². The quantitative estimate of drug-likeness (QED) is 0.321. The third-order valence-corrected chi connectivity index (χ3v) is 3.25. The predicted octanol–water partition coefficient (Wildman–Crippen LogP) is 0.582. The van der Waals surface area contributed by atoms with Gasteiger partial charge in [0.15, 0.2) is 0 Å². The van der Waals surface area contributed by atoms with Crippen molar-refractivity contribution in [1.82, 2.24) is 0 Å². The Balaban J connectivity index is 2.52. The average molecular weight is 254 g/mol. The van der Waals surface area contributed by atoms with Crippen LogP contribution >= 0.6 is 24.4 Å². The highest BCUT2D eigenvalue weighted by atomic mass is 32.1. The molecular formula is C9H6N2O3S2+. The van der Waals surface area contributed by atoms with Crippen LogP contribution in [0, 0.1) is 0 Å². The molecule has 2 heterocycles. The number of likely N-dealkylation sites (tertiary alicyclic amines) is 1. The van der Waals surface area contributed by atoms with Crippen LogP contribution in [0.3, 0.4) is 0 Å². The minimum atomic E-state index is -1.41. The first-order chi connectivity index (χ1) is 7.48. The summed E-state index contributed by atoms with van der Waals surface area (Å²) >= 11 is 9.79. The molecule has 0 unspecified atom stereocenters. The SMILES string of the molecule is O=C1CCC(=O)[N+]1(O)C1=CN=[C]C(=S)C1=S. The van der Waals surface area contributed by atoms with E-state index in [1.807, 2.05) is 0 Å². The van der Waals surface area contributed by atoms with Crippen LogP contribution < -0.4 is 0 Å². The zero-order chi connectivity index (χ0) is 11.9. The number of hydrogen-bond acceptors (Lipinski definition) is 6. The van der Waals surface area contributed by atoms with Gasteiger partial charge in [-0.2, -0.15) is 5.21 Å². The summed E-state index contributed by atoms with van der Waals surface area (Å²) in [5.41, 5.74) is -0.0498. The summed E-state index contributed by atoms with van der Waals surface area (Å²) in [5.74, 6) is -1.22. The van der Waals surface area contributed by atoms with Gasteiger partial charge >= 0.3 is 11.8 Å². The highest BCUT2D eigenvalue weighted by Crippen LogP contribution is 2.28. The van der Waals surface area contributed by atoms with Crippen LogP contribution in [0.25, 0.3) is 0 Å². The van der Waals surface area contributed by atoms with Crippen molar-refractivity contribution in [2.45, 2.75) is 12.8 Å². The van der Waals surface area contributed by atoms with Gasteiger partial charge in [0.25, 0.3) is 0 Å². The molecule has 7 heteroatoms. The lowest BCUT2D eigenvalue weighted by molar-refractivity contribution is -0.934. The summed E-state index contributed by atoms with van der Waals surface area (Å²) in [6.45, 7) is 0. The number of aliphatic imine (C=N–C) groups is 1. The van der Waals surface area contributed by atoms with E-state index in [2.05, 4.69) is 11.2 Å². The van der Waals surface area contributed by atoms with Gasteiger partial charge in [-0.3, -0.25) is 0 Å². The lowest BCUT2D eigenvalue weighted by Crippen LogP contribution is -2.51. The summed E-state index contributed by atoms with van der Waals surface area (Å²) in [5, 5.41) is 10.1. The molecule has 0 aromatic heterocycles. The summed E-state index contributed by atoms with van der Waals surface area (Å²) in [6, 6.07) is 0. The molecule has 81 valence electrons. The number of amides is 2. The van der Waals surface area contributed by atoms with Crippen LogP contribution in [0.4, 0.5) is 0 Å². The summed E-state index contributed by atoms with van der Waals surface area (Å²) in [6.07, 6.45) is 3.57. The average Bonchev–Trinajstić information content (AvgIpc) is 2.51. The number of nitrogens with zero attached hydrogens (tertiary/aromatic N) is 2. The molecule has 0 aliphatic carbocycles. The molecule has 0 aromatic rings. The zero-order valence-corrected chi connectivity index (χ0v) is 9.60. The number of hydroxylamine groups is 3. The summed E-state index contributed by atoms with van der Waals surface area (Å²) in [4.78, 5) is 26.9. The van der Waals surface area contributed by atoms with Crippen molar-refractivity contribution in [3.05, 3.63) is 11.9 Å². The van der Waals surface area contributed by atoms with Crippen molar-refractivity contribution in [1.29, 1.82) is 0 Å². The van der Waals surface area contributed by atoms with E-state index < -0.39 is 16.5 Å². The van der Waals surface area contributed by atoms with E-state index in [0.29, 0.717) is 0 Å². The van der Waals surface area contributed by atoms with Crippen LogP contribution in [-0.4, -0.2) is 37.6 Å². The molecule has 0 atom stereocenters. The van der Waals surface area contributed by atoms with Crippen LogP contribution in [0.5, 0.6) is 0 Å². The van der Waals surface area contributed by atoms with Crippen molar-refractivity contribution in [2.75, 3.05) is 0 Å². The molecule has 1 N–H and O–H groups in total. The fraction of sp³-hybridized carbons (Fsp3) is 0.222. The monoisotopic (exact) mass is 254 g/mol. The molecule has 2 amide bonds. The number of carbonyl (C=O) groups excluding carboxylic acids is 2. The first-order valence-electron chi connectivity index (χ1n) is 4.41. The van der Waals surface area contributed by atoms with Crippen molar-refractivity contribution in [2.24, 2.45) is 4.99 Å². The Morgan fingerprint density at radius 1 is 1.31 bits per heavy atom. The molecule has 0 saturated carbocycles. The van der Waals surface area contributed by atoms with Crippen LogP contribution in [0.2, 0.25) is 0 Å². The minimum absolute atomic E-state index is 0.00449. The number of rotatable bonds is 1. The normalized spacial score (nSPS) is 23.9. The number of hydrogen-bond donors (Lipinski definition) is 1. The van der Waals surface area contributed by atoms with E-state index in [1.165, 1.54) is 0 Å². The number of thiocarbonyl (C=S) groups is 2. The molecule has 0 spiro atoms. The van der Waals surface area contributed by atoms with Crippen molar-refractivity contribution < 1.29 is 19.4 Å². The fourth-order valence-electron chi connectivity index (χ4n) is 1.55. The second kappa shape index (κ2) is 3.70. The second-order valence-corrected chi connectivity index (χ2v) is 4.15. The minimum Gasteiger partial charge on any atom is -0.247 e. The number of allylic oxidation sites excluding steroid dienone is 1. The molecule has 2 aliphatic heterocycles. The van der Waals surface area contributed by atoms with Gasteiger partial charge in [-0.25, -0.2) is 14.6 Å². The molecule has 5 nitrogen and oxygen atoms in total. The van der Waals surface area contributed by atoms with E-state index in [0.717, 1.165) is 6.20 Å². The molecule has 16 heavy (non-hydrogen) atoms. The third kappa shape index (κ3) is 1.40. The smallest absolute Gasteiger partial charge is 0.247 e. The molecule has 1 radical (unpaired) electrons. The van der Waals surface area contributed by atoms with Gasteiger partial charge < -0.3 is 0 Å². The Morgan fingerprint density at radius 3 is 2.44 bits per heavy atom. The van der Waals surface area contributed by atoms with E-state index in [-0.39, 0.29) is 28.3 Å². The lowest BCUT2D eigenvalue weighted by atomic mass is 10.2. The Hall–Kier alpha value is -1.15. The van der Waals surface area contributed by atoms with Crippen molar-refractivity contribution >= 4 is 52.2 Å². The van der Waals surface area contributed by atoms with E-state index in [4.69, 9.17) is 24.4 Å². The molecule has 2 aliphatic rings. The first kappa shape index (κ1) is 11.3. The standard InChI is InChI=1S/C9H6N2O3S2/c12-7-1-2-8(13)11(7,14)5-3-10-4-6(15)9(5)16/h3,14H,1-2H2/q+1. The molecule has 0 aromatic carbocycles. The Bertz CT molecular complexity index is 477. The largest absolute Gasteiger partial charge is 0.359 e. The van der Waals surface area contributed by atoms with E-state index in [9.17, 15) is 14.8 Å². The highest BCUT2D eigenvalue weighted by Gasteiger charge is 2.55. The lowest BCUT2D eigenvalue weighted by Gasteiger charge is -2.22. The Labute approximate surface area is 102 Å². The van der Waals surface area contributed by atoms with E-state index in [1.54, 1.807) is 0 Å². The van der Waals surface area contributed by atoms with Crippen LogP contribution in [0.15, 0.2) is 16.9 Å². The van der Waals surface area contributed by atoms with Gasteiger partial charge in [-0.1, -0.05) is 24.4 Å². The summed E-state index contributed by atoms with van der Waals surface area (Å²) in [7, 11) is 0. The first-order valence-corrected chi connectivity index (χ1v) is 5.23. The van der Waals surface area contributed by atoms with Gasteiger partial charge in [-0.15, -0.1) is 0 Å². The Morgan fingerprint density at radius 2 is 1.88 bits per heavy atom. The molecule has 1 saturated heterocycles. The van der Waals surface area contributed by atoms with Gasteiger partial charge in [-0.05, 0) is 4.65 Å². The molecule has 0 bridgehead atoms. The Kier molecular flexibility index (Phi) is 2.62. The third-order valence-electron chi connectivity index (χ3n) is 2.42. The van der Waals surface area contributed by atoms with Crippen molar-refractivity contribution in [3.63, 3.8) is 0 Å². The van der Waals surface area contributed by atoms with Crippen LogP contribution in [0.1, 0.15) is 12.8 Å². The summed E-state index contributed by atoms with van der Waals surface area (Å²) < 4.78 is -1.41. The molecule has 2 rings (SSSR count). The van der Waals surface area contributed by atoms with E-state index >= 15 is 0 Å². The topological polar surface area (TPSA) is 66.7 Å². The maximum atomic E-state index is 11.6. The van der Waals surface area contributed by atoms with Crippen LogP contribution in [-0.2, 0) is 9.59 Å². The number of imide groups is 1. The zero-order valence-electron chi connectivity index (χ0n) is 7.97. The predicted molar refractivity (Wildman–Crippen MR) is 62.0 cm³/mol. The highest BCUT2D eigenvalue weighted by molar-refractivity contribution is 7.91. The number of carbonyl (C=O) groups is 2. The van der Waals surface area contributed by atoms with Gasteiger partial charge in [0, 0.05) is 0 Å². The van der Waals surface area contributed by atoms with Gasteiger partial charge in [0.05, 0.1) is 23.9 Å². The molecular weight excluding hydrogens is 248 g/mol. The fourth-order valence-corrected chi connectivity index (χ4v) is 1.94. The maximum absolute atomic E-state index is 11.6. The second-order valence-electron chi connectivity index (χ2n) is 3.34.